The van der Waals surface area contributed by atoms with Crippen LogP contribution in [0.1, 0.15) is 75.2 Å². The second kappa shape index (κ2) is 15.8. The Labute approximate surface area is 264 Å². The number of hydrogen-bond donors (Lipinski definition) is 0. The van der Waals surface area contributed by atoms with Crippen LogP contribution in [0.25, 0.3) is 0 Å². The van der Waals surface area contributed by atoms with Gasteiger partial charge in [-0.25, -0.2) is 0 Å². The summed E-state index contributed by atoms with van der Waals surface area (Å²) in [5.74, 6) is -1.07. The van der Waals surface area contributed by atoms with Gasteiger partial charge in [-0.05, 0) is 0 Å². The van der Waals surface area contributed by atoms with E-state index in [1.54, 1.807) is 0 Å². The Morgan fingerprint density at radius 3 is 1.02 bits per heavy atom. The van der Waals surface area contributed by atoms with Crippen molar-refractivity contribution in [3.63, 3.8) is 0 Å². The molecule has 0 aromatic carbocycles. The van der Waals surface area contributed by atoms with Crippen molar-refractivity contribution in [1.82, 2.24) is 19.6 Å². The lowest BCUT2D eigenvalue weighted by atomic mass is 9.90. The number of esters is 1. The van der Waals surface area contributed by atoms with Gasteiger partial charge in [0.2, 0.25) is 6.10 Å². The molecule has 0 spiro atoms. The summed E-state index contributed by atoms with van der Waals surface area (Å²) in [7, 11) is 0. The standard InChI is InChI=1S/C33H56N4O7/c1-31(2,3)26(40)20-34-12-14-35(21-27(41)32(4,5)6)16-18-37(23-29(43)44-30-24(38)10-11-25(30)39)19-17-36(15-13-34)22-28(42)33(7,8)9/h30H,10-23H2,1-9H3. The van der Waals surface area contributed by atoms with Gasteiger partial charge in [-0.1, -0.05) is 62.3 Å². The lowest BCUT2D eigenvalue weighted by Gasteiger charge is -2.35. The number of rotatable bonds is 9. The zero-order valence-electron chi connectivity index (χ0n) is 28.6. The van der Waals surface area contributed by atoms with Gasteiger partial charge in [0, 0.05) is 81.4 Å². The van der Waals surface area contributed by atoms with Gasteiger partial charge in [-0.2, -0.15) is 0 Å². The highest BCUT2D eigenvalue weighted by molar-refractivity contribution is 6.12. The zero-order valence-corrected chi connectivity index (χ0v) is 28.6. The molecule has 1 aliphatic carbocycles. The lowest BCUT2D eigenvalue weighted by Crippen LogP contribution is -2.50. The molecule has 0 N–H and O–H groups in total. The third-order valence-electron chi connectivity index (χ3n) is 8.35. The smallest absolute Gasteiger partial charge is 0.321 e. The number of ether oxygens (including phenoxy) is 1. The number of nitrogens with zero attached hydrogens (tertiary/aromatic N) is 4. The molecule has 0 atom stereocenters. The van der Waals surface area contributed by atoms with Crippen LogP contribution < -0.4 is 0 Å². The highest BCUT2D eigenvalue weighted by Crippen LogP contribution is 2.19. The van der Waals surface area contributed by atoms with Crippen molar-refractivity contribution in [2.24, 2.45) is 16.2 Å². The summed E-state index contributed by atoms with van der Waals surface area (Å²) in [4.78, 5) is 84.3. The van der Waals surface area contributed by atoms with E-state index in [0.29, 0.717) is 52.4 Å². The third-order valence-corrected chi connectivity index (χ3v) is 8.35. The number of Topliss-reactive ketones (excluding diaryl/α,β-unsaturated/α-hetero) is 5. The van der Waals surface area contributed by atoms with E-state index in [2.05, 4.69) is 14.7 Å². The minimum absolute atomic E-state index is 0.0897. The summed E-state index contributed by atoms with van der Waals surface area (Å²) in [6.07, 6.45) is -1.14. The number of hydrogen-bond acceptors (Lipinski definition) is 11. The topological polar surface area (TPSA) is 125 Å². The second-order valence-electron chi connectivity index (χ2n) is 15.4. The Kier molecular flexibility index (Phi) is 13.6. The highest BCUT2D eigenvalue weighted by atomic mass is 16.6. The molecule has 2 fully saturated rings. The maximum Gasteiger partial charge on any atom is 0.321 e. The molecule has 2 rings (SSSR count). The van der Waals surface area contributed by atoms with Crippen LogP contribution >= 0.6 is 0 Å². The Hall–Kier alpha value is -2.34. The van der Waals surface area contributed by atoms with Crippen molar-refractivity contribution in [2.75, 3.05) is 78.5 Å². The van der Waals surface area contributed by atoms with Crippen molar-refractivity contribution in [1.29, 1.82) is 0 Å². The number of carbonyl (C=O) groups excluding carboxylic acids is 6. The van der Waals surface area contributed by atoms with E-state index in [-0.39, 0.29) is 67.9 Å². The average molecular weight is 621 g/mol. The van der Waals surface area contributed by atoms with Crippen LogP contribution in [0.2, 0.25) is 0 Å². The summed E-state index contributed by atoms with van der Waals surface area (Å²) in [6, 6.07) is 0. The van der Waals surface area contributed by atoms with Crippen LogP contribution in [-0.4, -0.2) is 139 Å². The molecule has 0 radical (unpaired) electrons. The minimum atomic E-state index is -1.32. The van der Waals surface area contributed by atoms with Crippen LogP contribution in [-0.2, 0) is 33.5 Å². The van der Waals surface area contributed by atoms with Gasteiger partial charge < -0.3 is 4.74 Å². The summed E-state index contributed by atoms with van der Waals surface area (Å²) in [5.41, 5.74) is -1.53. The van der Waals surface area contributed by atoms with Crippen molar-refractivity contribution in [2.45, 2.75) is 81.3 Å². The maximum atomic E-state index is 13.0. The van der Waals surface area contributed by atoms with Crippen LogP contribution in [0.3, 0.4) is 0 Å². The largest absolute Gasteiger partial charge is 0.445 e. The van der Waals surface area contributed by atoms with Gasteiger partial charge in [0.05, 0.1) is 26.2 Å². The fourth-order valence-electron chi connectivity index (χ4n) is 4.70. The van der Waals surface area contributed by atoms with E-state index < -0.39 is 28.3 Å². The summed E-state index contributed by atoms with van der Waals surface area (Å²) in [5, 5.41) is 0. The summed E-state index contributed by atoms with van der Waals surface area (Å²) < 4.78 is 5.31. The normalized spacial score (nSPS) is 20.3. The third kappa shape index (κ3) is 12.6. The fraction of sp³-hybridized carbons (Fsp3) is 0.818. The number of carbonyl (C=O) groups is 6. The molecule has 1 saturated heterocycles. The Morgan fingerprint density at radius 1 is 0.523 bits per heavy atom. The number of ketones is 5. The minimum Gasteiger partial charge on any atom is -0.445 e. The van der Waals surface area contributed by atoms with E-state index in [9.17, 15) is 28.8 Å². The first-order valence-electron chi connectivity index (χ1n) is 15.9. The Balaban J connectivity index is 2.29. The van der Waals surface area contributed by atoms with Crippen LogP contribution in [0, 0.1) is 16.2 Å². The van der Waals surface area contributed by atoms with Crippen LogP contribution in [0.4, 0.5) is 0 Å². The first kappa shape index (κ1) is 37.8. The van der Waals surface area contributed by atoms with Gasteiger partial charge in [0.1, 0.15) is 0 Å². The van der Waals surface area contributed by atoms with Crippen molar-refractivity contribution in [3.8, 4) is 0 Å². The first-order valence-corrected chi connectivity index (χ1v) is 15.9. The molecule has 44 heavy (non-hydrogen) atoms. The van der Waals surface area contributed by atoms with Gasteiger partial charge in [-0.15, -0.1) is 0 Å². The molecular weight excluding hydrogens is 564 g/mol. The van der Waals surface area contributed by atoms with Gasteiger partial charge in [0.25, 0.3) is 0 Å². The monoisotopic (exact) mass is 620 g/mol. The molecule has 1 heterocycles. The molecule has 0 bridgehead atoms. The molecule has 11 nitrogen and oxygen atoms in total. The molecule has 2 aliphatic rings. The highest BCUT2D eigenvalue weighted by Gasteiger charge is 2.36. The Bertz CT molecular complexity index is 1010. The summed E-state index contributed by atoms with van der Waals surface area (Å²) in [6.45, 7) is 21.8. The summed E-state index contributed by atoms with van der Waals surface area (Å²) >= 11 is 0. The predicted octanol–water partition coefficient (Wildman–Crippen LogP) is 1.90. The zero-order chi connectivity index (χ0) is 33.5. The molecule has 1 saturated carbocycles. The van der Waals surface area contributed by atoms with Gasteiger partial charge >= 0.3 is 5.97 Å². The molecular formula is C33H56N4O7. The van der Waals surface area contributed by atoms with Crippen molar-refractivity contribution < 1.29 is 33.5 Å². The van der Waals surface area contributed by atoms with Gasteiger partial charge in [-0.3, -0.25) is 48.4 Å². The SMILES string of the molecule is CC(C)(C)C(=O)CN1CCN(CC(=O)OC2C(=O)CCC2=O)CCN(CC(=O)C(C)(C)C)CCN(CC(=O)C(C)(C)C)CC1. The Morgan fingerprint density at radius 2 is 0.773 bits per heavy atom. The first-order chi connectivity index (χ1) is 20.2. The molecule has 11 heteroatoms. The van der Waals surface area contributed by atoms with Crippen molar-refractivity contribution in [3.05, 3.63) is 0 Å². The molecule has 0 aromatic rings. The van der Waals surface area contributed by atoms with E-state index >= 15 is 0 Å². The predicted molar refractivity (Wildman–Crippen MR) is 168 cm³/mol. The average Bonchev–Trinajstić information content (AvgIpc) is 3.19. The lowest BCUT2D eigenvalue weighted by molar-refractivity contribution is -0.158. The molecule has 0 unspecified atom stereocenters. The van der Waals surface area contributed by atoms with E-state index in [0.717, 1.165) is 0 Å². The quantitative estimate of drug-likeness (QED) is 0.277. The van der Waals surface area contributed by atoms with Crippen molar-refractivity contribution >= 4 is 34.9 Å². The maximum absolute atomic E-state index is 13.0. The fourth-order valence-corrected chi connectivity index (χ4v) is 4.70. The second-order valence-corrected chi connectivity index (χ2v) is 15.4. The molecule has 0 aromatic heterocycles. The van der Waals surface area contributed by atoms with E-state index in [1.165, 1.54) is 0 Å². The van der Waals surface area contributed by atoms with E-state index in [4.69, 9.17) is 4.74 Å². The molecule has 1 aliphatic heterocycles. The van der Waals surface area contributed by atoms with Crippen LogP contribution in [0.15, 0.2) is 0 Å². The van der Waals surface area contributed by atoms with E-state index in [1.807, 2.05) is 67.2 Å². The molecule has 250 valence electrons. The molecule has 0 amide bonds. The van der Waals surface area contributed by atoms with Gasteiger partial charge in [0.15, 0.2) is 28.9 Å². The van der Waals surface area contributed by atoms with Crippen LogP contribution in [0.5, 0.6) is 0 Å².